The molecule has 1 aromatic carbocycles. The molecule has 0 radical (unpaired) electrons. The molecule has 0 aliphatic heterocycles. The van der Waals surface area contributed by atoms with Crippen LogP contribution in [0.1, 0.15) is 17.9 Å². The molecule has 6 heteroatoms. The van der Waals surface area contributed by atoms with Crippen molar-refractivity contribution in [2.75, 3.05) is 0 Å². The summed E-state index contributed by atoms with van der Waals surface area (Å²) in [4.78, 5) is 4.06. The molecule has 5 nitrogen and oxygen atoms in total. The molecule has 0 spiro atoms. The van der Waals surface area contributed by atoms with Gasteiger partial charge in [-0.25, -0.2) is 4.39 Å². The summed E-state index contributed by atoms with van der Waals surface area (Å²) >= 11 is 0. The fourth-order valence-corrected chi connectivity index (χ4v) is 1.57. The average Bonchev–Trinajstić information content (AvgIpc) is 2.81. The molecular formula is C13H12FN3O2. The van der Waals surface area contributed by atoms with Gasteiger partial charge in [0.25, 0.3) is 0 Å². The average molecular weight is 261 g/mol. The van der Waals surface area contributed by atoms with Gasteiger partial charge in [0.2, 0.25) is 11.7 Å². The van der Waals surface area contributed by atoms with Crippen molar-refractivity contribution in [2.24, 2.45) is 0 Å². The van der Waals surface area contributed by atoms with E-state index < -0.39 is 6.10 Å². The Morgan fingerprint density at radius 1 is 1.53 bits per heavy atom. The van der Waals surface area contributed by atoms with Gasteiger partial charge in [0.1, 0.15) is 5.82 Å². The van der Waals surface area contributed by atoms with Crippen molar-refractivity contribution in [3.8, 4) is 17.5 Å². The highest BCUT2D eigenvalue weighted by Gasteiger charge is 2.13. The summed E-state index contributed by atoms with van der Waals surface area (Å²) in [5, 5.41) is 21.6. The molecule has 0 bridgehead atoms. The molecule has 0 saturated carbocycles. The Kier molecular flexibility index (Phi) is 3.88. The third-order valence-electron chi connectivity index (χ3n) is 2.64. The lowest BCUT2D eigenvalue weighted by atomic mass is 10.1. The van der Waals surface area contributed by atoms with Gasteiger partial charge in [-0.05, 0) is 18.6 Å². The monoisotopic (exact) mass is 261 g/mol. The van der Waals surface area contributed by atoms with Gasteiger partial charge in [0, 0.05) is 5.56 Å². The van der Waals surface area contributed by atoms with Crippen LogP contribution in [0.15, 0.2) is 22.7 Å². The molecule has 2 aromatic rings. The van der Waals surface area contributed by atoms with Gasteiger partial charge in [-0.3, -0.25) is 0 Å². The molecule has 98 valence electrons. The van der Waals surface area contributed by atoms with Crippen molar-refractivity contribution in [1.82, 2.24) is 10.1 Å². The van der Waals surface area contributed by atoms with E-state index in [2.05, 4.69) is 10.1 Å². The molecule has 0 amide bonds. The first-order valence-corrected chi connectivity index (χ1v) is 5.74. The van der Waals surface area contributed by atoms with Gasteiger partial charge in [0.05, 0.1) is 25.0 Å². The Morgan fingerprint density at radius 2 is 2.32 bits per heavy atom. The lowest BCUT2D eigenvalue weighted by Gasteiger charge is -2.00. The summed E-state index contributed by atoms with van der Waals surface area (Å²) < 4.78 is 18.4. The van der Waals surface area contributed by atoms with Crippen LogP contribution in [0.25, 0.3) is 11.4 Å². The molecule has 1 unspecified atom stereocenters. The Bertz CT molecular complexity index is 619. The first-order chi connectivity index (χ1) is 9.10. The standard InChI is InChI=1S/C13H12FN3O2/c1-8-2-3-9(6-11(8)14)13-16-12(19-17-13)7-10(18)4-5-15/h2-3,6,10,18H,4,7H2,1H3. The molecule has 2 rings (SSSR count). The third kappa shape index (κ3) is 3.14. The van der Waals surface area contributed by atoms with E-state index in [1.54, 1.807) is 19.1 Å². The highest BCUT2D eigenvalue weighted by molar-refractivity contribution is 5.54. The summed E-state index contributed by atoms with van der Waals surface area (Å²) in [6.07, 6.45) is -0.737. The Labute approximate surface area is 109 Å². The molecule has 0 fully saturated rings. The predicted molar refractivity (Wildman–Crippen MR) is 64.4 cm³/mol. The quantitative estimate of drug-likeness (QED) is 0.910. The number of hydrogen-bond donors (Lipinski definition) is 1. The topological polar surface area (TPSA) is 82.9 Å². The first kappa shape index (κ1) is 13.2. The number of aromatic nitrogens is 2. The molecule has 19 heavy (non-hydrogen) atoms. The lowest BCUT2D eigenvalue weighted by molar-refractivity contribution is 0.167. The van der Waals surface area contributed by atoms with Gasteiger partial charge in [0.15, 0.2) is 0 Å². The van der Waals surface area contributed by atoms with Crippen LogP contribution in [0, 0.1) is 24.1 Å². The number of aryl methyl sites for hydroxylation is 1. The van der Waals surface area contributed by atoms with Crippen LogP contribution in [-0.2, 0) is 6.42 Å². The highest BCUT2D eigenvalue weighted by Crippen LogP contribution is 2.19. The van der Waals surface area contributed by atoms with Crippen molar-refractivity contribution in [1.29, 1.82) is 5.26 Å². The van der Waals surface area contributed by atoms with E-state index in [4.69, 9.17) is 9.78 Å². The molecular weight excluding hydrogens is 249 g/mol. The van der Waals surface area contributed by atoms with Crippen LogP contribution in [0.3, 0.4) is 0 Å². The highest BCUT2D eigenvalue weighted by atomic mass is 19.1. The maximum absolute atomic E-state index is 13.4. The van der Waals surface area contributed by atoms with Gasteiger partial charge in [-0.2, -0.15) is 10.2 Å². The smallest absolute Gasteiger partial charge is 0.229 e. The van der Waals surface area contributed by atoms with Crippen LogP contribution in [0.5, 0.6) is 0 Å². The largest absolute Gasteiger partial charge is 0.392 e. The van der Waals surface area contributed by atoms with Crippen LogP contribution in [0.4, 0.5) is 4.39 Å². The van der Waals surface area contributed by atoms with Crippen molar-refractivity contribution in [3.63, 3.8) is 0 Å². The number of aliphatic hydroxyl groups excluding tert-OH is 1. The lowest BCUT2D eigenvalue weighted by Crippen LogP contribution is -2.09. The van der Waals surface area contributed by atoms with Crippen LogP contribution >= 0.6 is 0 Å². The van der Waals surface area contributed by atoms with Gasteiger partial charge < -0.3 is 9.63 Å². The molecule has 0 aliphatic rings. The van der Waals surface area contributed by atoms with Crippen molar-refractivity contribution in [3.05, 3.63) is 35.5 Å². The number of nitriles is 1. The summed E-state index contributed by atoms with van der Waals surface area (Å²) in [6, 6.07) is 6.50. The van der Waals surface area contributed by atoms with E-state index >= 15 is 0 Å². The minimum absolute atomic E-state index is 0.00310. The van der Waals surface area contributed by atoms with Gasteiger partial charge in [-0.15, -0.1) is 0 Å². The van der Waals surface area contributed by atoms with E-state index in [0.717, 1.165) is 0 Å². The van der Waals surface area contributed by atoms with Crippen molar-refractivity contribution >= 4 is 0 Å². The molecule has 1 atom stereocenters. The van der Waals surface area contributed by atoms with E-state index in [1.807, 2.05) is 6.07 Å². The van der Waals surface area contributed by atoms with E-state index in [-0.39, 0.29) is 30.4 Å². The number of halogens is 1. The minimum atomic E-state index is -0.840. The Hall–Kier alpha value is -2.26. The van der Waals surface area contributed by atoms with E-state index in [1.165, 1.54) is 6.07 Å². The number of benzene rings is 1. The Morgan fingerprint density at radius 3 is 3.00 bits per heavy atom. The van der Waals surface area contributed by atoms with Crippen LogP contribution in [0.2, 0.25) is 0 Å². The second-order valence-corrected chi connectivity index (χ2v) is 4.20. The summed E-state index contributed by atoms with van der Waals surface area (Å²) in [5.74, 6) is 0.144. The third-order valence-corrected chi connectivity index (χ3v) is 2.64. The van der Waals surface area contributed by atoms with E-state index in [0.29, 0.717) is 11.1 Å². The summed E-state index contributed by atoms with van der Waals surface area (Å²) in [5.41, 5.74) is 1.05. The SMILES string of the molecule is Cc1ccc(-c2noc(CC(O)CC#N)n2)cc1F. The number of aliphatic hydroxyl groups is 1. The predicted octanol–water partition coefficient (Wildman–Crippen LogP) is 2.00. The first-order valence-electron chi connectivity index (χ1n) is 5.74. The molecule has 0 saturated heterocycles. The second-order valence-electron chi connectivity index (χ2n) is 4.20. The zero-order valence-electron chi connectivity index (χ0n) is 10.3. The maximum atomic E-state index is 13.4. The number of hydrogen-bond acceptors (Lipinski definition) is 5. The van der Waals surface area contributed by atoms with Gasteiger partial charge >= 0.3 is 0 Å². The zero-order valence-corrected chi connectivity index (χ0v) is 10.3. The number of rotatable bonds is 4. The molecule has 0 aliphatic carbocycles. The molecule has 1 heterocycles. The number of nitrogens with zero attached hydrogens (tertiary/aromatic N) is 3. The summed E-state index contributed by atoms with van der Waals surface area (Å²) in [6.45, 7) is 1.67. The normalized spacial score (nSPS) is 12.1. The van der Waals surface area contributed by atoms with Crippen molar-refractivity contribution < 1.29 is 14.0 Å². The fraction of sp³-hybridized carbons (Fsp3) is 0.308. The molecule has 1 N–H and O–H groups in total. The molecule has 1 aromatic heterocycles. The fourth-order valence-electron chi connectivity index (χ4n) is 1.57. The second kappa shape index (κ2) is 5.59. The van der Waals surface area contributed by atoms with Gasteiger partial charge in [-0.1, -0.05) is 17.3 Å². The maximum Gasteiger partial charge on any atom is 0.229 e. The van der Waals surface area contributed by atoms with Crippen molar-refractivity contribution in [2.45, 2.75) is 25.9 Å². The van der Waals surface area contributed by atoms with E-state index in [9.17, 15) is 9.50 Å². The zero-order chi connectivity index (χ0) is 13.8. The Balaban J connectivity index is 2.16. The van der Waals surface area contributed by atoms with Crippen LogP contribution in [-0.4, -0.2) is 21.4 Å². The van der Waals surface area contributed by atoms with Crippen LogP contribution < -0.4 is 0 Å². The summed E-state index contributed by atoms with van der Waals surface area (Å²) in [7, 11) is 0. The minimum Gasteiger partial charge on any atom is -0.392 e.